The zero-order valence-electron chi connectivity index (χ0n) is 10.8. The molecule has 0 radical (unpaired) electrons. The number of hydrogen-bond acceptors (Lipinski definition) is 4. The van der Waals surface area contributed by atoms with Crippen LogP contribution in [0, 0.1) is 15.9 Å². The predicted molar refractivity (Wildman–Crippen MR) is 74.8 cm³/mol. The Kier molecular flexibility index (Phi) is 4.72. The molecule has 2 aromatic rings. The molecule has 0 bridgehead atoms. The van der Waals surface area contributed by atoms with Gasteiger partial charge >= 0.3 is 0 Å². The van der Waals surface area contributed by atoms with E-state index in [1.165, 1.54) is 30.3 Å². The third-order valence-corrected chi connectivity index (χ3v) is 3.14. The van der Waals surface area contributed by atoms with Gasteiger partial charge in [-0.1, -0.05) is 17.7 Å². The van der Waals surface area contributed by atoms with Gasteiger partial charge in [0.15, 0.2) is 0 Å². The van der Waals surface area contributed by atoms with Gasteiger partial charge in [0.1, 0.15) is 18.2 Å². The standard InChI is InChI=1S/C14H11ClFNO4/c15-13-2-1-3-14(17(19)20)12(13)8-21-11-5-9(7-18)4-10(16)6-11/h1-6,18H,7-8H2. The monoisotopic (exact) mass is 311 g/mol. The summed E-state index contributed by atoms with van der Waals surface area (Å²) in [6.07, 6.45) is 0. The predicted octanol–water partition coefficient (Wildman–Crippen LogP) is 3.46. The van der Waals surface area contributed by atoms with Crippen LogP contribution in [0.5, 0.6) is 5.75 Å². The summed E-state index contributed by atoms with van der Waals surface area (Å²) < 4.78 is 18.6. The summed E-state index contributed by atoms with van der Waals surface area (Å²) in [6.45, 7) is -0.509. The number of aliphatic hydroxyl groups is 1. The van der Waals surface area contributed by atoms with Gasteiger partial charge in [0.2, 0.25) is 0 Å². The average molecular weight is 312 g/mol. The van der Waals surface area contributed by atoms with Crippen LogP contribution in [-0.4, -0.2) is 10.0 Å². The van der Waals surface area contributed by atoms with Crippen molar-refractivity contribution in [3.8, 4) is 5.75 Å². The molecular formula is C14H11ClFNO4. The molecule has 7 heteroatoms. The zero-order chi connectivity index (χ0) is 15.4. The summed E-state index contributed by atoms with van der Waals surface area (Å²) in [5, 5.41) is 20.1. The summed E-state index contributed by atoms with van der Waals surface area (Å²) in [6, 6.07) is 8.04. The quantitative estimate of drug-likeness (QED) is 0.678. The van der Waals surface area contributed by atoms with E-state index in [-0.39, 0.29) is 35.2 Å². The van der Waals surface area contributed by atoms with Crippen molar-refractivity contribution in [2.75, 3.05) is 0 Å². The van der Waals surface area contributed by atoms with E-state index in [2.05, 4.69) is 0 Å². The molecular weight excluding hydrogens is 301 g/mol. The maximum atomic E-state index is 13.3. The highest BCUT2D eigenvalue weighted by atomic mass is 35.5. The van der Waals surface area contributed by atoms with Crippen molar-refractivity contribution in [1.29, 1.82) is 0 Å². The number of nitrogens with zero attached hydrogens (tertiary/aromatic N) is 1. The fourth-order valence-corrected chi connectivity index (χ4v) is 2.04. The van der Waals surface area contributed by atoms with Gasteiger partial charge in [-0.2, -0.15) is 0 Å². The molecule has 0 saturated carbocycles. The normalized spacial score (nSPS) is 10.4. The molecule has 5 nitrogen and oxygen atoms in total. The third kappa shape index (κ3) is 3.68. The number of benzene rings is 2. The van der Waals surface area contributed by atoms with Gasteiger partial charge in [0.25, 0.3) is 5.69 Å². The number of rotatable bonds is 5. The van der Waals surface area contributed by atoms with Crippen molar-refractivity contribution in [2.45, 2.75) is 13.2 Å². The zero-order valence-corrected chi connectivity index (χ0v) is 11.5. The average Bonchev–Trinajstić information content (AvgIpc) is 2.45. The van der Waals surface area contributed by atoms with Crippen molar-refractivity contribution in [3.05, 3.63) is 68.5 Å². The molecule has 2 aromatic carbocycles. The molecule has 0 aromatic heterocycles. The fraction of sp³-hybridized carbons (Fsp3) is 0.143. The molecule has 0 heterocycles. The smallest absolute Gasteiger partial charge is 0.277 e. The maximum Gasteiger partial charge on any atom is 0.277 e. The molecule has 0 fully saturated rings. The molecule has 110 valence electrons. The first kappa shape index (κ1) is 15.2. The van der Waals surface area contributed by atoms with Crippen molar-refractivity contribution < 1.29 is 19.2 Å². The topological polar surface area (TPSA) is 72.6 Å². The molecule has 0 saturated heterocycles. The first-order valence-corrected chi connectivity index (χ1v) is 6.34. The van der Waals surface area contributed by atoms with E-state index >= 15 is 0 Å². The Labute approximate surface area is 124 Å². The van der Waals surface area contributed by atoms with Crippen LogP contribution in [0.2, 0.25) is 5.02 Å². The lowest BCUT2D eigenvalue weighted by molar-refractivity contribution is -0.385. The maximum absolute atomic E-state index is 13.3. The second-order valence-corrected chi connectivity index (χ2v) is 4.64. The van der Waals surface area contributed by atoms with Crippen LogP contribution < -0.4 is 4.74 Å². The minimum absolute atomic E-state index is 0.160. The summed E-state index contributed by atoms with van der Waals surface area (Å²) >= 11 is 5.93. The Balaban J connectivity index is 2.24. The second kappa shape index (κ2) is 6.51. The van der Waals surface area contributed by atoms with Gasteiger partial charge in [-0.3, -0.25) is 10.1 Å². The molecule has 0 aliphatic heterocycles. The number of nitro benzene ring substituents is 1. The first-order valence-electron chi connectivity index (χ1n) is 5.96. The first-order chi connectivity index (χ1) is 10.0. The SMILES string of the molecule is O=[N+]([O-])c1cccc(Cl)c1COc1cc(F)cc(CO)c1. The third-order valence-electron chi connectivity index (χ3n) is 2.79. The summed E-state index contributed by atoms with van der Waals surface area (Å²) in [5.41, 5.74) is 0.388. The van der Waals surface area contributed by atoms with E-state index in [0.717, 1.165) is 6.07 Å². The molecule has 0 amide bonds. The van der Waals surface area contributed by atoms with Crippen LogP contribution in [-0.2, 0) is 13.2 Å². The van der Waals surface area contributed by atoms with Gasteiger partial charge in [-0.25, -0.2) is 4.39 Å². The van der Waals surface area contributed by atoms with Crippen LogP contribution >= 0.6 is 11.6 Å². The van der Waals surface area contributed by atoms with Crippen LogP contribution in [0.25, 0.3) is 0 Å². The lowest BCUT2D eigenvalue weighted by Crippen LogP contribution is -2.02. The van der Waals surface area contributed by atoms with Crippen molar-refractivity contribution in [1.82, 2.24) is 0 Å². The number of aliphatic hydroxyl groups excluding tert-OH is 1. The Morgan fingerprint density at radius 2 is 2.10 bits per heavy atom. The molecule has 0 spiro atoms. The molecule has 0 atom stereocenters. The number of hydrogen-bond donors (Lipinski definition) is 1. The molecule has 0 aliphatic rings. The van der Waals surface area contributed by atoms with Gasteiger partial charge in [0.05, 0.1) is 22.1 Å². The Bertz CT molecular complexity index is 678. The van der Waals surface area contributed by atoms with Gasteiger partial charge in [-0.05, 0) is 23.8 Å². The summed E-state index contributed by atoms with van der Waals surface area (Å²) in [7, 11) is 0. The number of ether oxygens (including phenoxy) is 1. The molecule has 0 unspecified atom stereocenters. The van der Waals surface area contributed by atoms with Crippen molar-refractivity contribution in [2.24, 2.45) is 0 Å². The molecule has 2 rings (SSSR count). The highest BCUT2D eigenvalue weighted by Gasteiger charge is 2.17. The Hall–Kier alpha value is -2.18. The second-order valence-electron chi connectivity index (χ2n) is 4.24. The largest absolute Gasteiger partial charge is 0.488 e. The van der Waals surface area contributed by atoms with E-state index in [4.69, 9.17) is 21.4 Å². The summed E-state index contributed by atoms with van der Waals surface area (Å²) in [5.74, 6) is -0.404. The van der Waals surface area contributed by atoms with E-state index in [1.54, 1.807) is 0 Å². The van der Waals surface area contributed by atoms with Crippen LogP contribution in [0.15, 0.2) is 36.4 Å². The Morgan fingerprint density at radius 1 is 1.33 bits per heavy atom. The number of halogens is 2. The lowest BCUT2D eigenvalue weighted by atomic mass is 10.2. The highest BCUT2D eigenvalue weighted by molar-refractivity contribution is 6.31. The minimum Gasteiger partial charge on any atom is -0.488 e. The molecule has 0 aliphatic carbocycles. The van der Waals surface area contributed by atoms with Crippen LogP contribution in [0.1, 0.15) is 11.1 Å². The molecule has 1 N–H and O–H groups in total. The van der Waals surface area contributed by atoms with Gasteiger partial charge in [-0.15, -0.1) is 0 Å². The molecule has 21 heavy (non-hydrogen) atoms. The van der Waals surface area contributed by atoms with Crippen LogP contribution in [0.3, 0.4) is 0 Å². The minimum atomic E-state index is -0.565. The lowest BCUT2D eigenvalue weighted by Gasteiger charge is -2.09. The number of nitro groups is 1. The van der Waals surface area contributed by atoms with E-state index in [0.29, 0.717) is 5.56 Å². The van der Waals surface area contributed by atoms with E-state index < -0.39 is 10.7 Å². The summed E-state index contributed by atoms with van der Waals surface area (Å²) in [4.78, 5) is 10.4. The highest BCUT2D eigenvalue weighted by Crippen LogP contribution is 2.28. The van der Waals surface area contributed by atoms with Gasteiger partial charge < -0.3 is 9.84 Å². The van der Waals surface area contributed by atoms with Crippen LogP contribution in [0.4, 0.5) is 10.1 Å². The van der Waals surface area contributed by atoms with Crippen molar-refractivity contribution in [3.63, 3.8) is 0 Å². The van der Waals surface area contributed by atoms with Gasteiger partial charge in [0, 0.05) is 12.1 Å². The van der Waals surface area contributed by atoms with E-state index in [9.17, 15) is 14.5 Å². The fourth-order valence-electron chi connectivity index (χ4n) is 1.81. The van der Waals surface area contributed by atoms with E-state index in [1.807, 2.05) is 0 Å². The van der Waals surface area contributed by atoms with Crippen molar-refractivity contribution >= 4 is 17.3 Å². The Morgan fingerprint density at radius 3 is 2.76 bits per heavy atom.